The van der Waals surface area contributed by atoms with Crippen LogP contribution in [-0.2, 0) is 24.1 Å². The maximum atomic E-state index is 5.71. The zero-order chi connectivity index (χ0) is 13.5. The first-order valence-corrected chi connectivity index (χ1v) is 6.40. The Balaban J connectivity index is 1.99. The molecular formula is C14H19N3O2. The molecule has 2 N–H and O–H groups in total. The minimum atomic E-state index is 0.519. The topological polar surface area (TPSA) is 74.2 Å². The molecule has 0 aliphatic carbocycles. The summed E-state index contributed by atoms with van der Waals surface area (Å²) in [5.74, 6) is 1.37. The largest absolute Gasteiger partial charge is 0.385 e. The third-order valence-corrected chi connectivity index (χ3v) is 2.94. The smallest absolute Gasteiger partial charge is 0.231 e. The molecule has 1 heterocycles. The molecule has 0 radical (unpaired) electrons. The minimum Gasteiger partial charge on any atom is -0.385 e. The maximum absolute atomic E-state index is 5.71. The van der Waals surface area contributed by atoms with Crippen LogP contribution in [0, 0.1) is 0 Å². The normalized spacial score (nSPS) is 10.8. The van der Waals surface area contributed by atoms with E-state index in [-0.39, 0.29) is 0 Å². The van der Waals surface area contributed by atoms with Gasteiger partial charge in [-0.2, -0.15) is 4.98 Å². The fourth-order valence-corrected chi connectivity index (χ4v) is 1.93. The molecule has 0 saturated carbocycles. The number of aryl methyl sites for hydroxylation is 1. The van der Waals surface area contributed by atoms with E-state index >= 15 is 0 Å². The fourth-order valence-electron chi connectivity index (χ4n) is 1.93. The molecule has 0 atom stereocenters. The number of rotatable bonds is 7. The van der Waals surface area contributed by atoms with Crippen molar-refractivity contribution in [2.75, 3.05) is 13.7 Å². The highest BCUT2D eigenvalue weighted by molar-refractivity contribution is 5.28. The summed E-state index contributed by atoms with van der Waals surface area (Å²) in [5.41, 5.74) is 7.96. The van der Waals surface area contributed by atoms with E-state index in [9.17, 15) is 0 Å². The van der Waals surface area contributed by atoms with Crippen molar-refractivity contribution in [2.45, 2.75) is 25.8 Å². The van der Waals surface area contributed by atoms with E-state index in [1.165, 1.54) is 0 Å². The summed E-state index contributed by atoms with van der Waals surface area (Å²) in [7, 11) is 1.69. The molecular weight excluding hydrogens is 242 g/mol. The second kappa shape index (κ2) is 7.01. The lowest BCUT2D eigenvalue weighted by molar-refractivity contribution is 0.194. The first kappa shape index (κ1) is 13.7. The van der Waals surface area contributed by atoms with Crippen LogP contribution in [0.15, 0.2) is 28.8 Å². The Morgan fingerprint density at radius 1 is 1.26 bits per heavy atom. The summed E-state index contributed by atoms with van der Waals surface area (Å²) in [4.78, 5) is 4.38. The van der Waals surface area contributed by atoms with Crippen LogP contribution in [-0.4, -0.2) is 23.9 Å². The third-order valence-electron chi connectivity index (χ3n) is 2.94. The molecule has 5 nitrogen and oxygen atoms in total. The standard InChI is InChI=1S/C14H19N3O2/c1-18-8-4-7-13-16-14(19-17-13)9-11-5-2-3-6-12(11)10-15/h2-3,5-6H,4,7-10,15H2,1H3. The molecule has 0 amide bonds. The van der Waals surface area contributed by atoms with Crippen LogP contribution >= 0.6 is 0 Å². The molecule has 19 heavy (non-hydrogen) atoms. The van der Waals surface area contributed by atoms with Crippen LogP contribution in [0.2, 0.25) is 0 Å². The van der Waals surface area contributed by atoms with E-state index in [4.69, 9.17) is 15.0 Å². The highest BCUT2D eigenvalue weighted by atomic mass is 16.5. The first-order valence-electron chi connectivity index (χ1n) is 6.40. The van der Waals surface area contributed by atoms with Crippen LogP contribution in [0.25, 0.3) is 0 Å². The third kappa shape index (κ3) is 3.87. The number of nitrogens with two attached hydrogens (primary N) is 1. The van der Waals surface area contributed by atoms with Gasteiger partial charge in [-0.1, -0.05) is 29.4 Å². The van der Waals surface area contributed by atoms with Crippen molar-refractivity contribution in [3.05, 3.63) is 47.1 Å². The van der Waals surface area contributed by atoms with Crippen LogP contribution < -0.4 is 5.73 Å². The summed E-state index contributed by atoms with van der Waals surface area (Å²) in [6, 6.07) is 8.03. The Hall–Kier alpha value is -1.72. The quantitative estimate of drug-likeness (QED) is 0.768. The van der Waals surface area contributed by atoms with Gasteiger partial charge in [-0.25, -0.2) is 0 Å². The number of ether oxygens (including phenoxy) is 1. The average molecular weight is 261 g/mol. The molecule has 1 aromatic heterocycles. The summed E-state index contributed by atoms with van der Waals surface area (Å²) in [6.45, 7) is 1.23. The molecule has 1 aromatic carbocycles. The van der Waals surface area contributed by atoms with E-state index in [1.54, 1.807) is 7.11 Å². The van der Waals surface area contributed by atoms with E-state index in [2.05, 4.69) is 10.1 Å². The average Bonchev–Trinajstić information content (AvgIpc) is 2.87. The van der Waals surface area contributed by atoms with Crippen LogP contribution in [0.3, 0.4) is 0 Å². The highest BCUT2D eigenvalue weighted by Gasteiger charge is 2.09. The second-order valence-corrected chi connectivity index (χ2v) is 4.35. The molecule has 5 heteroatoms. The van der Waals surface area contributed by atoms with Crippen LogP contribution in [0.5, 0.6) is 0 Å². The van der Waals surface area contributed by atoms with Crippen LogP contribution in [0.1, 0.15) is 29.3 Å². The molecule has 0 fully saturated rings. The van der Waals surface area contributed by atoms with Crippen LogP contribution in [0.4, 0.5) is 0 Å². The molecule has 2 rings (SSSR count). The van der Waals surface area contributed by atoms with Gasteiger partial charge in [0, 0.05) is 26.7 Å². The second-order valence-electron chi connectivity index (χ2n) is 4.35. The van der Waals surface area contributed by atoms with Gasteiger partial charge in [-0.15, -0.1) is 0 Å². The lowest BCUT2D eigenvalue weighted by atomic mass is 10.0. The summed E-state index contributed by atoms with van der Waals surface area (Å²) in [6.07, 6.45) is 2.30. The SMILES string of the molecule is COCCCc1noc(Cc2ccccc2CN)n1. The van der Waals surface area contributed by atoms with Gasteiger partial charge in [0.2, 0.25) is 5.89 Å². The zero-order valence-corrected chi connectivity index (χ0v) is 11.1. The van der Waals surface area contributed by atoms with Gasteiger partial charge in [-0.05, 0) is 17.5 Å². The molecule has 0 aliphatic rings. The lowest BCUT2D eigenvalue weighted by Gasteiger charge is -2.03. The van der Waals surface area contributed by atoms with Crippen molar-refractivity contribution >= 4 is 0 Å². The van der Waals surface area contributed by atoms with Gasteiger partial charge in [-0.3, -0.25) is 0 Å². The molecule has 0 spiro atoms. The molecule has 0 bridgehead atoms. The number of methoxy groups -OCH3 is 1. The molecule has 0 saturated heterocycles. The van der Waals surface area contributed by atoms with E-state index in [0.29, 0.717) is 25.5 Å². The van der Waals surface area contributed by atoms with Crippen molar-refractivity contribution in [3.63, 3.8) is 0 Å². The molecule has 102 valence electrons. The van der Waals surface area contributed by atoms with Gasteiger partial charge < -0.3 is 15.0 Å². The number of hydrogen-bond acceptors (Lipinski definition) is 5. The minimum absolute atomic E-state index is 0.519. The molecule has 0 aliphatic heterocycles. The Labute approximate surface area is 112 Å². The van der Waals surface area contributed by atoms with Crippen molar-refractivity contribution in [1.29, 1.82) is 0 Å². The van der Waals surface area contributed by atoms with Gasteiger partial charge in [0.1, 0.15) is 0 Å². The van der Waals surface area contributed by atoms with Gasteiger partial charge >= 0.3 is 0 Å². The van der Waals surface area contributed by atoms with E-state index in [0.717, 1.165) is 29.8 Å². The number of benzene rings is 1. The van der Waals surface area contributed by atoms with Crippen molar-refractivity contribution in [2.24, 2.45) is 5.73 Å². The highest BCUT2D eigenvalue weighted by Crippen LogP contribution is 2.13. The zero-order valence-electron chi connectivity index (χ0n) is 11.1. The van der Waals surface area contributed by atoms with E-state index < -0.39 is 0 Å². The predicted molar refractivity (Wildman–Crippen MR) is 71.6 cm³/mol. The number of nitrogens with zero attached hydrogens (tertiary/aromatic N) is 2. The summed E-state index contributed by atoms with van der Waals surface area (Å²) < 4.78 is 10.3. The fraction of sp³-hybridized carbons (Fsp3) is 0.429. The van der Waals surface area contributed by atoms with Gasteiger partial charge in [0.15, 0.2) is 5.82 Å². The Morgan fingerprint density at radius 2 is 2.05 bits per heavy atom. The van der Waals surface area contributed by atoms with Gasteiger partial charge in [0.05, 0.1) is 6.42 Å². The first-order chi connectivity index (χ1) is 9.33. The Bertz CT molecular complexity index is 511. The van der Waals surface area contributed by atoms with Crippen molar-refractivity contribution in [1.82, 2.24) is 10.1 Å². The van der Waals surface area contributed by atoms with E-state index in [1.807, 2.05) is 24.3 Å². The van der Waals surface area contributed by atoms with Gasteiger partial charge in [0.25, 0.3) is 0 Å². The maximum Gasteiger partial charge on any atom is 0.231 e. The summed E-state index contributed by atoms with van der Waals surface area (Å²) in [5, 5.41) is 3.97. The predicted octanol–water partition coefficient (Wildman–Crippen LogP) is 1.70. The van der Waals surface area contributed by atoms with Crippen molar-refractivity contribution in [3.8, 4) is 0 Å². The Morgan fingerprint density at radius 3 is 2.79 bits per heavy atom. The number of aromatic nitrogens is 2. The molecule has 0 unspecified atom stereocenters. The van der Waals surface area contributed by atoms with Crippen molar-refractivity contribution < 1.29 is 9.26 Å². The lowest BCUT2D eigenvalue weighted by Crippen LogP contribution is -2.02. The number of hydrogen-bond donors (Lipinski definition) is 1. The molecule has 2 aromatic rings. The monoisotopic (exact) mass is 261 g/mol. The Kier molecular flexibility index (Phi) is 5.06. The summed E-state index contributed by atoms with van der Waals surface area (Å²) >= 11 is 0.